The van der Waals surface area contributed by atoms with Crippen molar-refractivity contribution in [3.05, 3.63) is 29.3 Å². The van der Waals surface area contributed by atoms with Gasteiger partial charge in [0.25, 0.3) is 0 Å². The number of hydrogen-bond acceptors (Lipinski definition) is 3. The van der Waals surface area contributed by atoms with Crippen LogP contribution < -0.4 is 10.6 Å². The molecule has 20 heavy (non-hydrogen) atoms. The third-order valence-corrected chi connectivity index (χ3v) is 2.91. The normalized spacial score (nSPS) is 11.8. The second kappa shape index (κ2) is 6.13. The monoisotopic (exact) mass is 288 g/mol. The lowest BCUT2D eigenvalue weighted by molar-refractivity contribution is -0.137. The average molecular weight is 288 g/mol. The summed E-state index contributed by atoms with van der Waals surface area (Å²) in [5.41, 5.74) is 5.22. The molecular formula is C13H19F3N4. The quantitative estimate of drug-likeness (QED) is 0.643. The predicted molar refractivity (Wildman–Crippen MR) is 74.3 cm³/mol. The molecule has 0 aliphatic heterocycles. The Morgan fingerprint density at radius 1 is 1.20 bits per heavy atom. The van der Waals surface area contributed by atoms with Crippen LogP contribution in [0.1, 0.15) is 11.1 Å². The van der Waals surface area contributed by atoms with E-state index in [-0.39, 0.29) is 11.4 Å². The van der Waals surface area contributed by atoms with E-state index < -0.39 is 11.7 Å². The molecule has 0 aromatic heterocycles. The van der Waals surface area contributed by atoms with Crippen LogP contribution >= 0.6 is 0 Å². The molecule has 0 fully saturated rings. The number of rotatable bonds is 5. The summed E-state index contributed by atoms with van der Waals surface area (Å²) in [6, 6.07) is 3.28. The van der Waals surface area contributed by atoms with Gasteiger partial charge in [0.15, 0.2) is 0 Å². The van der Waals surface area contributed by atoms with E-state index in [9.17, 15) is 13.2 Å². The molecule has 0 atom stereocenters. The number of nitrogen functional groups attached to an aromatic ring is 1. The fraction of sp³-hybridized carbons (Fsp3) is 0.462. The SMILES string of the molecule is CN(C)CCN(C)c1ccc(C(F)(F)F)cc1C(=N)N. The molecule has 1 rings (SSSR count). The van der Waals surface area contributed by atoms with Crippen LogP contribution in [-0.4, -0.2) is 45.0 Å². The highest BCUT2D eigenvalue weighted by Gasteiger charge is 2.31. The molecule has 1 aromatic rings. The van der Waals surface area contributed by atoms with Gasteiger partial charge in [-0.3, -0.25) is 5.41 Å². The Bertz CT molecular complexity index is 483. The van der Waals surface area contributed by atoms with Crippen molar-refractivity contribution in [3.8, 4) is 0 Å². The number of hydrogen-bond donors (Lipinski definition) is 2. The Morgan fingerprint density at radius 3 is 2.25 bits per heavy atom. The highest BCUT2D eigenvalue weighted by Crippen LogP contribution is 2.32. The van der Waals surface area contributed by atoms with Crippen molar-refractivity contribution in [1.82, 2.24) is 4.90 Å². The van der Waals surface area contributed by atoms with E-state index >= 15 is 0 Å². The number of benzene rings is 1. The van der Waals surface area contributed by atoms with Crippen LogP contribution in [0.5, 0.6) is 0 Å². The van der Waals surface area contributed by atoms with Crippen molar-refractivity contribution in [2.45, 2.75) is 6.18 Å². The van der Waals surface area contributed by atoms with Gasteiger partial charge in [0.1, 0.15) is 5.84 Å². The Morgan fingerprint density at radius 2 is 1.80 bits per heavy atom. The first-order chi connectivity index (χ1) is 9.12. The zero-order valence-corrected chi connectivity index (χ0v) is 11.8. The van der Waals surface area contributed by atoms with E-state index in [1.54, 1.807) is 11.9 Å². The van der Waals surface area contributed by atoms with Gasteiger partial charge in [-0.1, -0.05) is 0 Å². The second-order valence-electron chi connectivity index (χ2n) is 4.87. The maximum Gasteiger partial charge on any atom is 0.416 e. The maximum atomic E-state index is 12.7. The van der Waals surface area contributed by atoms with Crippen molar-refractivity contribution in [1.29, 1.82) is 5.41 Å². The molecule has 0 unspecified atom stereocenters. The molecule has 0 amide bonds. The first-order valence-electron chi connectivity index (χ1n) is 6.04. The van der Waals surface area contributed by atoms with Crippen LogP contribution in [0.25, 0.3) is 0 Å². The van der Waals surface area contributed by atoms with Crippen molar-refractivity contribution in [3.63, 3.8) is 0 Å². The summed E-state index contributed by atoms with van der Waals surface area (Å²) >= 11 is 0. The van der Waals surface area contributed by atoms with Crippen LogP contribution in [0.3, 0.4) is 0 Å². The van der Waals surface area contributed by atoms with Crippen LogP contribution in [0.15, 0.2) is 18.2 Å². The third kappa shape index (κ3) is 4.12. The Kier molecular flexibility index (Phi) is 4.99. The molecule has 7 heteroatoms. The molecule has 112 valence electrons. The minimum absolute atomic E-state index is 0.0982. The van der Waals surface area contributed by atoms with E-state index in [1.807, 2.05) is 19.0 Å². The summed E-state index contributed by atoms with van der Waals surface area (Å²) < 4.78 is 38.1. The van der Waals surface area contributed by atoms with Gasteiger partial charge in [-0.05, 0) is 32.3 Å². The number of nitrogens with two attached hydrogens (primary N) is 1. The molecule has 0 saturated carbocycles. The summed E-state index contributed by atoms with van der Waals surface area (Å²) in [4.78, 5) is 3.75. The lowest BCUT2D eigenvalue weighted by Crippen LogP contribution is -2.30. The molecule has 0 bridgehead atoms. The lowest BCUT2D eigenvalue weighted by atomic mass is 10.1. The van der Waals surface area contributed by atoms with Gasteiger partial charge in [0, 0.05) is 31.4 Å². The number of amidine groups is 1. The number of nitrogens with zero attached hydrogens (tertiary/aromatic N) is 2. The molecular weight excluding hydrogens is 269 g/mol. The van der Waals surface area contributed by atoms with Crippen LogP contribution in [0, 0.1) is 5.41 Å². The van der Waals surface area contributed by atoms with Gasteiger partial charge in [0.05, 0.1) is 5.56 Å². The summed E-state index contributed by atoms with van der Waals surface area (Å²) in [6.45, 7) is 1.37. The Labute approximate surface area is 116 Å². The minimum Gasteiger partial charge on any atom is -0.384 e. The van der Waals surface area contributed by atoms with Crippen molar-refractivity contribution >= 4 is 11.5 Å². The number of likely N-dealkylation sites (N-methyl/N-ethyl adjacent to an activating group) is 2. The number of anilines is 1. The highest BCUT2D eigenvalue weighted by atomic mass is 19.4. The lowest BCUT2D eigenvalue weighted by Gasteiger charge is -2.24. The van der Waals surface area contributed by atoms with Crippen molar-refractivity contribution < 1.29 is 13.2 Å². The first kappa shape index (κ1) is 16.3. The van der Waals surface area contributed by atoms with Crippen LogP contribution in [-0.2, 0) is 6.18 Å². The molecule has 0 aliphatic rings. The third-order valence-electron chi connectivity index (χ3n) is 2.91. The number of nitrogens with one attached hydrogen (secondary N) is 1. The molecule has 0 spiro atoms. The molecule has 1 aromatic carbocycles. The fourth-order valence-electron chi connectivity index (χ4n) is 1.73. The standard InChI is InChI=1S/C13H19F3N4/c1-19(2)6-7-20(3)11-5-4-9(13(14,15)16)8-10(11)12(17)18/h4-5,8H,6-7H2,1-3H3,(H3,17,18). The van der Waals surface area contributed by atoms with Crippen molar-refractivity contribution in [2.75, 3.05) is 39.1 Å². The fourth-order valence-corrected chi connectivity index (χ4v) is 1.73. The van der Waals surface area contributed by atoms with Crippen LogP contribution in [0.4, 0.5) is 18.9 Å². The smallest absolute Gasteiger partial charge is 0.384 e. The summed E-state index contributed by atoms with van der Waals surface area (Å²) in [5.74, 6) is -0.372. The predicted octanol–water partition coefficient (Wildman–Crippen LogP) is 1.99. The van der Waals surface area contributed by atoms with E-state index in [1.165, 1.54) is 6.07 Å². The summed E-state index contributed by atoms with van der Waals surface area (Å²) in [5, 5.41) is 7.46. The molecule has 0 saturated heterocycles. The van der Waals surface area contributed by atoms with Gasteiger partial charge in [0.2, 0.25) is 0 Å². The zero-order chi connectivity index (χ0) is 15.5. The average Bonchev–Trinajstić information content (AvgIpc) is 2.33. The van der Waals surface area contributed by atoms with Crippen LogP contribution in [0.2, 0.25) is 0 Å². The topological polar surface area (TPSA) is 56.4 Å². The first-order valence-corrected chi connectivity index (χ1v) is 6.04. The van der Waals surface area contributed by atoms with Gasteiger partial charge in [-0.2, -0.15) is 13.2 Å². The molecule has 3 N–H and O–H groups in total. The van der Waals surface area contributed by atoms with Gasteiger partial charge in [-0.15, -0.1) is 0 Å². The molecule has 0 radical (unpaired) electrons. The molecule has 0 heterocycles. The van der Waals surface area contributed by atoms with E-state index in [4.69, 9.17) is 11.1 Å². The Balaban J connectivity index is 3.10. The molecule has 4 nitrogen and oxygen atoms in total. The second-order valence-corrected chi connectivity index (χ2v) is 4.87. The highest BCUT2D eigenvalue weighted by molar-refractivity contribution is 6.00. The largest absolute Gasteiger partial charge is 0.416 e. The number of halogens is 3. The maximum absolute atomic E-state index is 12.7. The van der Waals surface area contributed by atoms with Gasteiger partial charge >= 0.3 is 6.18 Å². The van der Waals surface area contributed by atoms with Gasteiger partial charge < -0.3 is 15.5 Å². The Hall–Kier alpha value is -1.76. The van der Waals surface area contributed by atoms with Crippen molar-refractivity contribution in [2.24, 2.45) is 5.73 Å². The van der Waals surface area contributed by atoms with Gasteiger partial charge in [-0.25, -0.2) is 0 Å². The van der Waals surface area contributed by atoms with E-state index in [0.29, 0.717) is 12.2 Å². The van der Waals surface area contributed by atoms with E-state index in [0.717, 1.165) is 18.7 Å². The minimum atomic E-state index is -4.44. The van der Waals surface area contributed by atoms with E-state index in [2.05, 4.69) is 0 Å². The molecule has 0 aliphatic carbocycles. The zero-order valence-electron chi connectivity index (χ0n) is 11.8. The summed E-state index contributed by atoms with van der Waals surface area (Å²) in [6.07, 6.45) is -4.44. The number of alkyl halides is 3. The summed E-state index contributed by atoms with van der Waals surface area (Å²) in [7, 11) is 5.58.